The number of aryl methyl sites for hydroxylation is 1. The maximum Gasteiger partial charge on any atom is 0.314 e. The predicted octanol–water partition coefficient (Wildman–Crippen LogP) is 1.99. The molecule has 0 spiro atoms. The van der Waals surface area contributed by atoms with E-state index in [-0.39, 0.29) is 12.6 Å². The van der Waals surface area contributed by atoms with Crippen molar-refractivity contribution in [2.24, 2.45) is 0 Å². The lowest BCUT2D eigenvalue weighted by Crippen LogP contribution is -2.49. The molecule has 1 fully saturated rings. The van der Waals surface area contributed by atoms with Gasteiger partial charge in [-0.3, -0.25) is 4.90 Å². The van der Waals surface area contributed by atoms with Gasteiger partial charge in [-0.2, -0.15) is 0 Å². The summed E-state index contributed by atoms with van der Waals surface area (Å²) in [4.78, 5) is 14.4. The SMILES string of the molecule is CC(CNC(=O)NCC1(O)CCCc2ccccc21)N(C)C1CC1. The number of carbonyl (C=O) groups excluding carboxylic acids is 1. The summed E-state index contributed by atoms with van der Waals surface area (Å²) in [5.74, 6) is 0. The van der Waals surface area contributed by atoms with Gasteiger partial charge >= 0.3 is 6.03 Å². The van der Waals surface area contributed by atoms with E-state index in [9.17, 15) is 9.90 Å². The zero-order valence-electron chi connectivity index (χ0n) is 14.7. The molecule has 5 nitrogen and oxygen atoms in total. The molecule has 2 amide bonds. The highest BCUT2D eigenvalue weighted by atomic mass is 16.3. The van der Waals surface area contributed by atoms with E-state index < -0.39 is 5.60 Å². The van der Waals surface area contributed by atoms with Gasteiger partial charge in [-0.1, -0.05) is 24.3 Å². The second kappa shape index (κ2) is 7.11. The Kier molecular flexibility index (Phi) is 5.11. The predicted molar refractivity (Wildman–Crippen MR) is 94.9 cm³/mol. The molecule has 2 unspecified atom stereocenters. The average Bonchev–Trinajstić information content (AvgIpc) is 3.43. The first-order chi connectivity index (χ1) is 11.5. The van der Waals surface area contributed by atoms with Crippen LogP contribution in [0.3, 0.4) is 0 Å². The molecule has 1 aromatic carbocycles. The van der Waals surface area contributed by atoms with Crippen LogP contribution in [-0.2, 0) is 12.0 Å². The van der Waals surface area contributed by atoms with Crippen molar-refractivity contribution in [2.45, 2.75) is 56.7 Å². The van der Waals surface area contributed by atoms with Crippen LogP contribution in [0.2, 0.25) is 0 Å². The number of hydrogen-bond donors (Lipinski definition) is 3. The van der Waals surface area contributed by atoms with Crippen molar-refractivity contribution >= 4 is 6.03 Å². The number of rotatable bonds is 6. The summed E-state index contributed by atoms with van der Waals surface area (Å²) in [5.41, 5.74) is 1.19. The molecule has 0 saturated heterocycles. The van der Waals surface area contributed by atoms with Gasteiger partial charge in [0, 0.05) is 18.6 Å². The molecule has 24 heavy (non-hydrogen) atoms. The molecule has 132 valence electrons. The molecule has 5 heteroatoms. The smallest absolute Gasteiger partial charge is 0.314 e. The standard InChI is InChI=1S/C19H29N3O2/c1-14(22(2)16-9-10-16)12-20-18(23)21-13-19(24)11-5-7-15-6-3-4-8-17(15)19/h3-4,6,8,14,16,24H,5,7,9-13H2,1-2H3,(H2,20,21,23). The van der Waals surface area contributed by atoms with E-state index in [0.29, 0.717) is 25.0 Å². The average molecular weight is 331 g/mol. The highest BCUT2D eigenvalue weighted by molar-refractivity contribution is 5.74. The van der Waals surface area contributed by atoms with E-state index in [1.165, 1.54) is 18.4 Å². The first-order valence-electron chi connectivity index (χ1n) is 9.04. The van der Waals surface area contributed by atoms with E-state index in [4.69, 9.17) is 0 Å². The lowest BCUT2D eigenvalue weighted by atomic mass is 9.79. The second-order valence-corrected chi connectivity index (χ2v) is 7.35. The van der Waals surface area contributed by atoms with E-state index in [0.717, 1.165) is 18.4 Å². The topological polar surface area (TPSA) is 64.6 Å². The quantitative estimate of drug-likeness (QED) is 0.747. The molecule has 3 N–H and O–H groups in total. The first-order valence-corrected chi connectivity index (χ1v) is 9.04. The summed E-state index contributed by atoms with van der Waals surface area (Å²) in [6.07, 6.45) is 5.15. The molecule has 1 aromatic rings. The van der Waals surface area contributed by atoms with Crippen LogP contribution < -0.4 is 10.6 Å². The summed E-state index contributed by atoms with van der Waals surface area (Å²) >= 11 is 0. The Labute approximate surface area is 144 Å². The molecule has 0 aliphatic heterocycles. The van der Waals surface area contributed by atoms with Crippen molar-refractivity contribution in [1.82, 2.24) is 15.5 Å². The zero-order chi connectivity index (χ0) is 17.2. The molecular weight excluding hydrogens is 302 g/mol. The highest BCUT2D eigenvalue weighted by Gasteiger charge is 2.34. The molecule has 2 atom stereocenters. The number of nitrogens with one attached hydrogen (secondary N) is 2. The van der Waals surface area contributed by atoms with Gasteiger partial charge < -0.3 is 15.7 Å². The Balaban J connectivity index is 1.49. The Bertz CT molecular complexity index is 588. The lowest BCUT2D eigenvalue weighted by molar-refractivity contribution is 0.0216. The van der Waals surface area contributed by atoms with Crippen molar-refractivity contribution in [1.29, 1.82) is 0 Å². The number of nitrogens with zero attached hydrogens (tertiary/aromatic N) is 1. The van der Waals surface area contributed by atoms with Crippen LogP contribution in [0, 0.1) is 0 Å². The van der Waals surface area contributed by atoms with E-state index >= 15 is 0 Å². The van der Waals surface area contributed by atoms with Gasteiger partial charge in [0.2, 0.25) is 0 Å². The second-order valence-electron chi connectivity index (χ2n) is 7.35. The largest absolute Gasteiger partial charge is 0.383 e. The third-order valence-electron chi connectivity index (χ3n) is 5.47. The van der Waals surface area contributed by atoms with Crippen molar-refractivity contribution in [3.63, 3.8) is 0 Å². The fourth-order valence-electron chi connectivity index (χ4n) is 3.60. The summed E-state index contributed by atoms with van der Waals surface area (Å²) in [6.45, 7) is 3.00. The summed E-state index contributed by atoms with van der Waals surface area (Å²) < 4.78 is 0. The zero-order valence-corrected chi connectivity index (χ0v) is 14.7. The van der Waals surface area contributed by atoms with Crippen molar-refractivity contribution < 1.29 is 9.90 Å². The van der Waals surface area contributed by atoms with Crippen LogP contribution >= 0.6 is 0 Å². The molecule has 1 saturated carbocycles. The van der Waals surface area contributed by atoms with E-state index in [1.807, 2.05) is 18.2 Å². The van der Waals surface area contributed by atoms with Crippen LogP contribution in [0.4, 0.5) is 4.79 Å². The summed E-state index contributed by atoms with van der Waals surface area (Å²) in [6, 6.07) is 8.79. The minimum atomic E-state index is -0.956. The monoisotopic (exact) mass is 331 g/mol. The number of aliphatic hydroxyl groups is 1. The molecule has 3 rings (SSSR count). The number of amides is 2. The maximum atomic E-state index is 12.1. The van der Waals surface area contributed by atoms with Gasteiger partial charge in [0.25, 0.3) is 0 Å². The van der Waals surface area contributed by atoms with Crippen molar-refractivity contribution in [3.8, 4) is 0 Å². The molecule has 2 aliphatic carbocycles. The lowest BCUT2D eigenvalue weighted by Gasteiger charge is -2.34. The molecule has 0 bridgehead atoms. The summed E-state index contributed by atoms with van der Waals surface area (Å²) in [5, 5.41) is 16.7. The maximum absolute atomic E-state index is 12.1. The third-order valence-corrected chi connectivity index (χ3v) is 5.47. The third kappa shape index (κ3) is 3.90. The van der Waals surface area contributed by atoms with E-state index in [2.05, 4.69) is 35.6 Å². The Morgan fingerprint density at radius 1 is 1.38 bits per heavy atom. The molecular formula is C19H29N3O2. The Morgan fingerprint density at radius 3 is 2.88 bits per heavy atom. The van der Waals surface area contributed by atoms with Crippen LogP contribution in [0.25, 0.3) is 0 Å². The van der Waals surface area contributed by atoms with Gasteiger partial charge in [-0.25, -0.2) is 4.79 Å². The van der Waals surface area contributed by atoms with Gasteiger partial charge in [0.15, 0.2) is 0 Å². The Morgan fingerprint density at radius 2 is 2.12 bits per heavy atom. The van der Waals surface area contributed by atoms with Crippen LogP contribution in [-0.4, -0.2) is 48.3 Å². The molecule has 0 radical (unpaired) electrons. The number of carbonyl (C=O) groups is 1. The molecule has 2 aliphatic rings. The minimum absolute atomic E-state index is 0.206. The number of urea groups is 1. The van der Waals surface area contributed by atoms with Gasteiger partial charge in [-0.05, 0) is 57.2 Å². The van der Waals surface area contributed by atoms with Gasteiger partial charge in [0.1, 0.15) is 5.60 Å². The molecule has 0 aromatic heterocycles. The minimum Gasteiger partial charge on any atom is -0.383 e. The number of benzene rings is 1. The fourth-order valence-corrected chi connectivity index (χ4v) is 3.60. The van der Waals surface area contributed by atoms with Crippen LogP contribution in [0.15, 0.2) is 24.3 Å². The molecule has 0 heterocycles. The van der Waals surface area contributed by atoms with Crippen molar-refractivity contribution in [3.05, 3.63) is 35.4 Å². The Hall–Kier alpha value is -1.59. The highest BCUT2D eigenvalue weighted by Crippen LogP contribution is 2.34. The fraction of sp³-hybridized carbons (Fsp3) is 0.632. The van der Waals surface area contributed by atoms with Crippen LogP contribution in [0.5, 0.6) is 0 Å². The van der Waals surface area contributed by atoms with Crippen molar-refractivity contribution in [2.75, 3.05) is 20.1 Å². The van der Waals surface area contributed by atoms with Gasteiger partial charge in [0.05, 0.1) is 6.54 Å². The summed E-state index contributed by atoms with van der Waals surface area (Å²) in [7, 11) is 2.11. The van der Waals surface area contributed by atoms with Gasteiger partial charge in [-0.15, -0.1) is 0 Å². The number of fused-ring (bicyclic) bond motifs is 1. The van der Waals surface area contributed by atoms with E-state index in [1.54, 1.807) is 0 Å². The normalized spacial score (nSPS) is 24.3. The number of likely N-dealkylation sites (N-methyl/N-ethyl adjacent to an activating group) is 1. The number of hydrogen-bond acceptors (Lipinski definition) is 3. The first kappa shape index (κ1) is 17.2. The van der Waals surface area contributed by atoms with Crippen LogP contribution in [0.1, 0.15) is 43.7 Å².